The highest BCUT2D eigenvalue weighted by molar-refractivity contribution is 7.89. The second-order valence-corrected chi connectivity index (χ2v) is 10.4. The number of rotatable bonds is 4. The number of fused-ring (bicyclic) bond motifs is 1. The third kappa shape index (κ3) is 4.35. The van der Waals surface area contributed by atoms with Crippen molar-refractivity contribution in [3.05, 3.63) is 47.5 Å². The molecule has 9 heteroatoms. The summed E-state index contributed by atoms with van der Waals surface area (Å²) in [5.41, 5.74) is 3.07. The monoisotopic (exact) mass is 457 g/mol. The largest absolute Gasteiger partial charge is 0.479 e. The van der Waals surface area contributed by atoms with E-state index in [1.54, 1.807) is 13.0 Å². The van der Waals surface area contributed by atoms with Crippen LogP contribution in [0.5, 0.6) is 5.75 Å². The summed E-state index contributed by atoms with van der Waals surface area (Å²) in [4.78, 5) is 24.9. The quantitative estimate of drug-likeness (QED) is 0.734. The van der Waals surface area contributed by atoms with Crippen molar-refractivity contribution in [3.63, 3.8) is 0 Å². The minimum atomic E-state index is -3.83. The van der Waals surface area contributed by atoms with Crippen LogP contribution in [0.4, 0.5) is 11.4 Å². The molecule has 2 heterocycles. The van der Waals surface area contributed by atoms with Gasteiger partial charge in [-0.25, -0.2) is 8.42 Å². The van der Waals surface area contributed by atoms with Crippen LogP contribution in [0, 0.1) is 19.8 Å². The van der Waals surface area contributed by atoms with Crippen LogP contribution in [-0.2, 0) is 19.6 Å². The van der Waals surface area contributed by atoms with Crippen LogP contribution in [0.25, 0.3) is 0 Å². The van der Waals surface area contributed by atoms with E-state index in [-0.39, 0.29) is 23.3 Å². The van der Waals surface area contributed by atoms with Crippen LogP contribution in [-0.4, -0.2) is 43.7 Å². The fraction of sp³-hybridized carbons (Fsp3) is 0.391. The lowest BCUT2D eigenvalue weighted by Gasteiger charge is -2.31. The van der Waals surface area contributed by atoms with E-state index < -0.39 is 22.0 Å². The number of amides is 2. The molecule has 0 aliphatic carbocycles. The highest BCUT2D eigenvalue weighted by atomic mass is 32.2. The molecule has 0 radical (unpaired) electrons. The van der Waals surface area contributed by atoms with Crippen LogP contribution in [0.2, 0.25) is 0 Å². The third-order valence-electron chi connectivity index (χ3n) is 5.93. The number of piperidine rings is 1. The second kappa shape index (κ2) is 8.55. The van der Waals surface area contributed by atoms with Crippen LogP contribution in [0.1, 0.15) is 30.9 Å². The summed E-state index contributed by atoms with van der Waals surface area (Å²) in [7, 11) is -3.83. The molecule has 170 valence electrons. The van der Waals surface area contributed by atoms with Gasteiger partial charge in [-0.3, -0.25) is 9.59 Å². The van der Waals surface area contributed by atoms with Crippen molar-refractivity contribution in [1.82, 2.24) is 4.31 Å². The first kappa shape index (κ1) is 22.3. The molecule has 2 aromatic carbocycles. The molecule has 2 aliphatic heterocycles. The van der Waals surface area contributed by atoms with Gasteiger partial charge in [-0.15, -0.1) is 0 Å². The maximum atomic E-state index is 13.3. The van der Waals surface area contributed by atoms with E-state index >= 15 is 0 Å². The van der Waals surface area contributed by atoms with Gasteiger partial charge in [-0.2, -0.15) is 4.31 Å². The van der Waals surface area contributed by atoms with E-state index in [2.05, 4.69) is 10.6 Å². The standard InChI is InChI=1S/C23H27N3O5S/c1-14-6-7-15(2)19(11-14)24-23(28)17-5-4-10-26(13-17)32(29,30)18-8-9-21-20(12-18)25-22(27)16(3)31-21/h6-9,11-12,16-17H,4-5,10,13H2,1-3H3,(H,24,28)(H,25,27)/t16-,17+/m0/s1. The first-order valence-corrected chi connectivity index (χ1v) is 12.1. The Balaban J connectivity index is 1.51. The Morgan fingerprint density at radius 1 is 1.19 bits per heavy atom. The van der Waals surface area contributed by atoms with Gasteiger partial charge in [0, 0.05) is 18.8 Å². The number of anilines is 2. The van der Waals surface area contributed by atoms with Crippen LogP contribution < -0.4 is 15.4 Å². The highest BCUT2D eigenvalue weighted by Gasteiger charge is 2.34. The highest BCUT2D eigenvalue weighted by Crippen LogP contribution is 2.34. The second-order valence-electron chi connectivity index (χ2n) is 8.42. The first-order valence-electron chi connectivity index (χ1n) is 10.6. The molecule has 32 heavy (non-hydrogen) atoms. The maximum absolute atomic E-state index is 13.3. The molecule has 0 spiro atoms. The zero-order chi connectivity index (χ0) is 23.0. The number of benzene rings is 2. The molecule has 0 aromatic heterocycles. The minimum absolute atomic E-state index is 0.0605. The molecule has 2 aliphatic rings. The van der Waals surface area contributed by atoms with Crippen molar-refractivity contribution < 1.29 is 22.7 Å². The summed E-state index contributed by atoms with van der Waals surface area (Å²) >= 11 is 0. The molecule has 8 nitrogen and oxygen atoms in total. The van der Waals surface area contributed by atoms with Crippen LogP contribution in [0.3, 0.4) is 0 Å². The molecule has 0 unspecified atom stereocenters. The average molecular weight is 458 g/mol. The molecule has 2 aromatic rings. The van der Waals surface area contributed by atoms with Gasteiger partial charge in [0.15, 0.2) is 6.10 Å². The Hall–Kier alpha value is -2.91. The lowest BCUT2D eigenvalue weighted by Crippen LogP contribution is -2.43. The van der Waals surface area contributed by atoms with Gasteiger partial charge < -0.3 is 15.4 Å². The summed E-state index contributed by atoms with van der Waals surface area (Å²) in [5.74, 6) is -0.521. The summed E-state index contributed by atoms with van der Waals surface area (Å²) in [6.07, 6.45) is 0.574. The lowest BCUT2D eigenvalue weighted by molar-refractivity contribution is -0.123. The molecule has 2 N–H and O–H groups in total. The first-order chi connectivity index (χ1) is 15.1. The van der Waals surface area contributed by atoms with E-state index in [0.29, 0.717) is 30.8 Å². The Morgan fingerprint density at radius 3 is 2.75 bits per heavy atom. The van der Waals surface area contributed by atoms with Crippen molar-refractivity contribution in [3.8, 4) is 5.75 Å². The minimum Gasteiger partial charge on any atom is -0.479 e. The van der Waals surface area contributed by atoms with Crippen molar-refractivity contribution in [2.24, 2.45) is 5.92 Å². The van der Waals surface area contributed by atoms with Gasteiger partial charge in [-0.05, 0) is 69.0 Å². The van der Waals surface area contributed by atoms with Crippen LogP contribution in [0.15, 0.2) is 41.3 Å². The lowest BCUT2D eigenvalue weighted by atomic mass is 9.98. The normalized spacial score (nSPS) is 21.3. The Morgan fingerprint density at radius 2 is 1.97 bits per heavy atom. The third-order valence-corrected chi connectivity index (χ3v) is 7.79. The molecule has 4 rings (SSSR count). The summed E-state index contributed by atoms with van der Waals surface area (Å²) in [5, 5.41) is 5.64. The topological polar surface area (TPSA) is 105 Å². The smallest absolute Gasteiger partial charge is 0.265 e. The number of hydrogen-bond acceptors (Lipinski definition) is 5. The SMILES string of the molecule is Cc1ccc(C)c(NC(=O)[C@@H]2CCCN(S(=O)(=O)c3ccc4c(c3)NC(=O)[C@H](C)O4)C2)c1. The van der Waals surface area contributed by atoms with Crippen molar-refractivity contribution in [2.45, 2.75) is 44.6 Å². The van der Waals surface area contributed by atoms with Crippen molar-refractivity contribution >= 4 is 33.2 Å². The molecule has 2 amide bonds. The van der Waals surface area contributed by atoms with Crippen molar-refractivity contribution in [2.75, 3.05) is 23.7 Å². The zero-order valence-electron chi connectivity index (χ0n) is 18.3. The molecular formula is C23H27N3O5S. The van der Waals surface area contributed by atoms with Gasteiger partial charge in [-0.1, -0.05) is 12.1 Å². The number of ether oxygens (including phenoxy) is 1. The van der Waals surface area contributed by atoms with E-state index in [4.69, 9.17) is 4.74 Å². The Labute approximate surface area is 188 Å². The van der Waals surface area contributed by atoms with E-state index in [0.717, 1.165) is 16.8 Å². The fourth-order valence-electron chi connectivity index (χ4n) is 3.98. The van der Waals surface area contributed by atoms with Crippen molar-refractivity contribution in [1.29, 1.82) is 0 Å². The predicted octanol–water partition coefficient (Wildman–Crippen LogP) is 3.06. The zero-order valence-corrected chi connectivity index (χ0v) is 19.2. The maximum Gasteiger partial charge on any atom is 0.265 e. The number of hydrogen-bond donors (Lipinski definition) is 2. The average Bonchev–Trinajstić information content (AvgIpc) is 2.76. The Bertz CT molecular complexity index is 1180. The van der Waals surface area contributed by atoms with E-state index in [1.165, 1.54) is 16.4 Å². The predicted molar refractivity (Wildman–Crippen MR) is 121 cm³/mol. The van der Waals surface area contributed by atoms with Gasteiger partial charge >= 0.3 is 0 Å². The summed E-state index contributed by atoms with van der Waals surface area (Å²) < 4.78 is 33.4. The summed E-state index contributed by atoms with van der Waals surface area (Å²) in [6, 6.07) is 10.3. The molecule has 1 saturated heterocycles. The van der Waals surface area contributed by atoms with E-state index in [9.17, 15) is 18.0 Å². The number of sulfonamides is 1. The Kier molecular flexibility index (Phi) is 5.96. The van der Waals surface area contributed by atoms with Gasteiger partial charge in [0.2, 0.25) is 15.9 Å². The molecule has 2 atom stereocenters. The molecule has 1 fully saturated rings. The van der Waals surface area contributed by atoms with Gasteiger partial charge in [0.1, 0.15) is 5.75 Å². The number of carbonyl (C=O) groups is 2. The summed E-state index contributed by atoms with van der Waals surface area (Å²) in [6.45, 7) is 5.95. The van der Waals surface area contributed by atoms with Gasteiger partial charge in [0.05, 0.1) is 16.5 Å². The number of nitrogens with zero attached hydrogens (tertiary/aromatic N) is 1. The molecule has 0 bridgehead atoms. The van der Waals surface area contributed by atoms with Crippen LogP contribution >= 0.6 is 0 Å². The van der Waals surface area contributed by atoms with Gasteiger partial charge in [0.25, 0.3) is 5.91 Å². The van der Waals surface area contributed by atoms with E-state index in [1.807, 2.05) is 32.0 Å². The molecular weight excluding hydrogens is 430 g/mol. The fourth-order valence-corrected chi connectivity index (χ4v) is 5.53. The number of carbonyl (C=O) groups excluding carboxylic acids is 2. The number of nitrogens with one attached hydrogen (secondary N) is 2. The number of aryl methyl sites for hydroxylation is 2. The molecule has 0 saturated carbocycles.